The Labute approximate surface area is 116 Å². The second-order valence-electron chi connectivity index (χ2n) is 5.56. The molecule has 0 aliphatic heterocycles. The molecule has 18 heavy (non-hydrogen) atoms. The molecule has 0 saturated carbocycles. The SMILES string of the molecule is CCCCCCCCCC[N]CCCCCCC. The largest absolute Gasteiger partial charge is 0.242 e. The van der Waals surface area contributed by atoms with Gasteiger partial charge in [-0.15, -0.1) is 0 Å². The Kier molecular flexibility index (Phi) is 16.9. The van der Waals surface area contributed by atoms with Crippen molar-refractivity contribution in [2.24, 2.45) is 0 Å². The fourth-order valence-electron chi connectivity index (χ4n) is 2.30. The Morgan fingerprint density at radius 2 is 0.778 bits per heavy atom. The molecule has 0 saturated heterocycles. The van der Waals surface area contributed by atoms with Crippen molar-refractivity contribution < 1.29 is 0 Å². The van der Waals surface area contributed by atoms with E-state index < -0.39 is 0 Å². The zero-order chi connectivity index (χ0) is 13.3. The Morgan fingerprint density at radius 1 is 0.444 bits per heavy atom. The van der Waals surface area contributed by atoms with Crippen molar-refractivity contribution in [3.63, 3.8) is 0 Å². The summed E-state index contributed by atoms with van der Waals surface area (Å²) in [6.07, 6.45) is 18.1. The Balaban J connectivity index is 2.86. The zero-order valence-corrected chi connectivity index (χ0v) is 13.1. The highest BCUT2D eigenvalue weighted by molar-refractivity contribution is 4.51. The molecule has 1 radical (unpaired) electrons. The van der Waals surface area contributed by atoms with Gasteiger partial charge in [0.25, 0.3) is 0 Å². The molecule has 0 aliphatic carbocycles. The zero-order valence-electron chi connectivity index (χ0n) is 13.1. The molecule has 109 valence electrons. The molecule has 0 N–H and O–H groups in total. The lowest BCUT2D eigenvalue weighted by molar-refractivity contribution is 0.534. The summed E-state index contributed by atoms with van der Waals surface area (Å²) in [5.74, 6) is 0. The van der Waals surface area contributed by atoms with Crippen LogP contribution in [0.1, 0.15) is 97.3 Å². The van der Waals surface area contributed by atoms with E-state index in [9.17, 15) is 0 Å². The van der Waals surface area contributed by atoms with Gasteiger partial charge in [-0.2, -0.15) is 0 Å². The first kappa shape index (κ1) is 18.0. The lowest BCUT2D eigenvalue weighted by Gasteiger charge is -2.03. The first-order chi connectivity index (χ1) is 8.91. The number of unbranched alkanes of at least 4 members (excludes halogenated alkanes) is 11. The third-order valence-corrected chi connectivity index (χ3v) is 3.59. The van der Waals surface area contributed by atoms with Gasteiger partial charge in [-0.3, -0.25) is 0 Å². The van der Waals surface area contributed by atoms with E-state index in [1.807, 2.05) is 0 Å². The third-order valence-electron chi connectivity index (χ3n) is 3.59. The maximum absolute atomic E-state index is 4.62. The Morgan fingerprint density at radius 3 is 1.17 bits per heavy atom. The Bertz CT molecular complexity index is 118. The molecule has 0 heterocycles. The predicted octanol–water partition coefficient (Wildman–Crippen LogP) is 5.70. The minimum Gasteiger partial charge on any atom is -0.242 e. The van der Waals surface area contributed by atoms with Gasteiger partial charge in [0.15, 0.2) is 0 Å². The molecule has 0 unspecified atom stereocenters. The molecule has 0 aliphatic rings. The number of rotatable bonds is 15. The van der Waals surface area contributed by atoms with Gasteiger partial charge in [0.2, 0.25) is 0 Å². The molecule has 0 amide bonds. The second kappa shape index (κ2) is 17.0. The van der Waals surface area contributed by atoms with Crippen molar-refractivity contribution in [2.75, 3.05) is 13.1 Å². The highest BCUT2D eigenvalue weighted by Crippen LogP contribution is 2.08. The number of hydrogen-bond acceptors (Lipinski definition) is 0. The average Bonchev–Trinajstić information content (AvgIpc) is 2.39. The van der Waals surface area contributed by atoms with E-state index in [1.165, 1.54) is 83.5 Å². The van der Waals surface area contributed by atoms with Crippen LogP contribution in [0.2, 0.25) is 0 Å². The van der Waals surface area contributed by atoms with Crippen LogP contribution in [0.15, 0.2) is 0 Å². The predicted molar refractivity (Wildman–Crippen MR) is 83.2 cm³/mol. The maximum Gasteiger partial charge on any atom is 0.0133 e. The summed E-state index contributed by atoms with van der Waals surface area (Å²) in [4.78, 5) is 0. The lowest BCUT2D eigenvalue weighted by atomic mass is 10.1. The van der Waals surface area contributed by atoms with E-state index in [-0.39, 0.29) is 0 Å². The normalized spacial score (nSPS) is 11.0. The summed E-state index contributed by atoms with van der Waals surface area (Å²) in [6, 6.07) is 0. The first-order valence-corrected chi connectivity index (χ1v) is 8.55. The number of hydrogen-bond donors (Lipinski definition) is 0. The molecule has 1 heteroatoms. The molecule has 1 nitrogen and oxygen atoms in total. The minimum atomic E-state index is 1.11. The van der Waals surface area contributed by atoms with Gasteiger partial charge in [-0.1, -0.05) is 84.5 Å². The standard InChI is InChI=1S/C17H36N/c1-3-5-7-9-10-11-13-15-17-18-16-14-12-8-6-4-2/h3-17H2,1-2H3. The summed E-state index contributed by atoms with van der Waals surface area (Å²) >= 11 is 0. The summed E-state index contributed by atoms with van der Waals surface area (Å²) in [7, 11) is 0. The topological polar surface area (TPSA) is 14.1 Å². The van der Waals surface area contributed by atoms with E-state index in [0.29, 0.717) is 0 Å². The average molecular weight is 254 g/mol. The van der Waals surface area contributed by atoms with Crippen LogP contribution in [0.5, 0.6) is 0 Å². The summed E-state index contributed by atoms with van der Waals surface area (Å²) in [5, 5.41) is 4.62. The smallest absolute Gasteiger partial charge is 0.0133 e. The first-order valence-electron chi connectivity index (χ1n) is 8.55. The molecule has 0 atom stereocenters. The molecule has 0 spiro atoms. The van der Waals surface area contributed by atoms with Gasteiger partial charge in [0.05, 0.1) is 0 Å². The van der Waals surface area contributed by atoms with Crippen LogP contribution in [0.4, 0.5) is 0 Å². The van der Waals surface area contributed by atoms with Gasteiger partial charge in [0, 0.05) is 13.1 Å². The van der Waals surface area contributed by atoms with Crippen molar-refractivity contribution in [2.45, 2.75) is 97.3 Å². The lowest BCUT2D eigenvalue weighted by Crippen LogP contribution is -2.08. The monoisotopic (exact) mass is 254 g/mol. The fraction of sp³-hybridized carbons (Fsp3) is 1.00. The minimum absolute atomic E-state index is 1.11. The van der Waals surface area contributed by atoms with Crippen molar-refractivity contribution in [3.8, 4) is 0 Å². The van der Waals surface area contributed by atoms with E-state index in [4.69, 9.17) is 0 Å². The van der Waals surface area contributed by atoms with Crippen LogP contribution in [0.25, 0.3) is 0 Å². The van der Waals surface area contributed by atoms with Crippen LogP contribution >= 0.6 is 0 Å². The van der Waals surface area contributed by atoms with Crippen LogP contribution in [0, 0.1) is 0 Å². The van der Waals surface area contributed by atoms with Crippen molar-refractivity contribution in [1.29, 1.82) is 0 Å². The fourth-order valence-corrected chi connectivity index (χ4v) is 2.30. The molecule has 0 aromatic carbocycles. The highest BCUT2D eigenvalue weighted by Gasteiger charge is 1.93. The molecule has 0 rings (SSSR count). The summed E-state index contributed by atoms with van der Waals surface area (Å²) < 4.78 is 0. The quantitative estimate of drug-likeness (QED) is 0.333. The molecular weight excluding hydrogens is 218 g/mol. The van der Waals surface area contributed by atoms with Crippen LogP contribution in [0.3, 0.4) is 0 Å². The van der Waals surface area contributed by atoms with Crippen molar-refractivity contribution >= 4 is 0 Å². The number of nitrogens with zero attached hydrogens (tertiary/aromatic N) is 1. The second-order valence-corrected chi connectivity index (χ2v) is 5.56. The van der Waals surface area contributed by atoms with Gasteiger partial charge in [0.1, 0.15) is 0 Å². The molecule has 0 aromatic heterocycles. The maximum atomic E-state index is 4.62. The van der Waals surface area contributed by atoms with Gasteiger partial charge in [-0.05, 0) is 12.8 Å². The molecule has 0 aromatic rings. The van der Waals surface area contributed by atoms with E-state index in [0.717, 1.165) is 13.1 Å². The van der Waals surface area contributed by atoms with Gasteiger partial charge >= 0.3 is 0 Å². The van der Waals surface area contributed by atoms with Crippen LogP contribution in [-0.4, -0.2) is 13.1 Å². The molecule has 0 bridgehead atoms. The van der Waals surface area contributed by atoms with Gasteiger partial charge < -0.3 is 0 Å². The Hall–Kier alpha value is -0.0400. The van der Waals surface area contributed by atoms with Crippen LogP contribution in [-0.2, 0) is 0 Å². The third kappa shape index (κ3) is 16.0. The summed E-state index contributed by atoms with van der Waals surface area (Å²) in [5.41, 5.74) is 0. The van der Waals surface area contributed by atoms with Gasteiger partial charge in [-0.25, -0.2) is 5.32 Å². The van der Waals surface area contributed by atoms with Crippen molar-refractivity contribution in [3.05, 3.63) is 0 Å². The van der Waals surface area contributed by atoms with Crippen LogP contribution < -0.4 is 5.32 Å². The van der Waals surface area contributed by atoms with Crippen molar-refractivity contribution in [1.82, 2.24) is 5.32 Å². The molecule has 0 fully saturated rings. The molecular formula is C17H36N. The van der Waals surface area contributed by atoms with E-state index in [2.05, 4.69) is 19.2 Å². The highest BCUT2D eigenvalue weighted by atomic mass is 14.8. The van der Waals surface area contributed by atoms with E-state index in [1.54, 1.807) is 0 Å². The van der Waals surface area contributed by atoms with E-state index >= 15 is 0 Å². The summed E-state index contributed by atoms with van der Waals surface area (Å²) in [6.45, 7) is 6.78.